The van der Waals surface area contributed by atoms with Crippen LogP contribution in [0.3, 0.4) is 0 Å². The Kier molecular flexibility index (Phi) is 12.9. The molecule has 154 valence electrons. The van der Waals surface area contributed by atoms with Gasteiger partial charge >= 0.3 is 0 Å². The maximum Gasteiger partial charge on any atom is 0.251 e. The number of nitrogens with one attached hydrogen (secondary N) is 3. The van der Waals surface area contributed by atoms with E-state index in [4.69, 9.17) is 4.74 Å². The van der Waals surface area contributed by atoms with E-state index < -0.39 is 0 Å². The maximum absolute atomic E-state index is 12.1. The van der Waals surface area contributed by atoms with E-state index in [0.29, 0.717) is 25.2 Å². The number of hydrogen-bond acceptors (Lipinski definition) is 3. The van der Waals surface area contributed by atoms with Crippen LogP contribution in [0.25, 0.3) is 0 Å². The van der Waals surface area contributed by atoms with Gasteiger partial charge in [0.25, 0.3) is 5.91 Å². The lowest BCUT2D eigenvalue weighted by Gasteiger charge is -2.30. The summed E-state index contributed by atoms with van der Waals surface area (Å²) in [4.78, 5) is 16.3. The molecule has 0 saturated heterocycles. The second-order valence-corrected chi connectivity index (χ2v) is 8.01. The highest BCUT2D eigenvalue weighted by Gasteiger charge is 2.24. The number of benzene rings is 1. The molecule has 0 spiro atoms. The topological polar surface area (TPSA) is 74.8 Å². The van der Waals surface area contributed by atoms with Crippen LogP contribution in [0.1, 0.15) is 37.6 Å². The third-order valence-corrected chi connectivity index (χ3v) is 4.44. The van der Waals surface area contributed by atoms with Crippen molar-refractivity contribution in [2.45, 2.75) is 33.3 Å². The quantitative estimate of drug-likeness (QED) is 0.199. The molecular formula is C19H32BrIN4O2. The van der Waals surface area contributed by atoms with E-state index in [1.165, 1.54) is 0 Å². The van der Waals surface area contributed by atoms with Crippen LogP contribution < -0.4 is 16.0 Å². The molecule has 6 nitrogen and oxygen atoms in total. The molecule has 0 aromatic heterocycles. The monoisotopic (exact) mass is 554 g/mol. The number of hydrogen-bond donors (Lipinski definition) is 3. The number of carbonyl (C=O) groups is 1. The van der Waals surface area contributed by atoms with Gasteiger partial charge in [0.2, 0.25) is 0 Å². The van der Waals surface area contributed by atoms with E-state index >= 15 is 0 Å². The first-order chi connectivity index (χ1) is 12.3. The number of nitrogens with zero attached hydrogens (tertiary/aromatic N) is 1. The van der Waals surface area contributed by atoms with Gasteiger partial charge in [0, 0.05) is 43.8 Å². The number of amides is 1. The van der Waals surface area contributed by atoms with E-state index in [1.807, 2.05) is 12.1 Å². The largest absolute Gasteiger partial charge is 0.379 e. The zero-order valence-electron chi connectivity index (χ0n) is 16.8. The molecule has 1 unspecified atom stereocenters. The fraction of sp³-hybridized carbons (Fsp3) is 0.579. The lowest BCUT2D eigenvalue weighted by molar-refractivity contribution is 0.0205. The van der Waals surface area contributed by atoms with E-state index in [0.717, 1.165) is 16.9 Å². The minimum Gasteiger partial charge on any atom is -0.379 e. The zero-order valence-corrected chi connectivity index (χ0v) is 20.7. The number of carbonyl (C=O) groups excluding carboxylic acids is 1. The van der Waals surface area contributed by atoms with Crippen molar-refractivity contribution in [2.75, 3.05) is 33.8 Å². The summed E-state index contributed by atoms with van der Waals surface area (Å²) in [6.45, 7) is 8.43. The number of methoxy groups -OCH3 is 1. The summed E-state index contributed by atoms with van der Waals surface area (Å²) in [5.41, 5.74) is 0.703. The summed E-state index contributed by atoms with van der Waals surface area (Å²) in [5, 5.41) is 9.44. The van der Waals surface area contributed by atoms with Crippen molar-refractivity contribution in [3.05, 3.63) is 34.3 Å². The fourth-order valence-corrected chi connectivity index (χ4v) is 2.78. The molecule has 0 aliphatic rings. The second-order valence-electron chi connectivity index (χ2n) is 7.09. The second kappa shape index (κ2) is 13.3. The fourth-order valence-electron chi connectivity index (χ4n) is 2.38. The Morgan fingerprint density at radius 2 is 1.89 bits per heavy atom. The Bertz CT molecular complexity index is 606. The summed E-state index contributed by atoms with van der Waals surface area (Å²) in [5.74, 6) is 0.663. The Morgan fingerprint density at radius 3 is 2.44 bits per heavy atom. The Balaban J connectivity index is 0.00000676. The van der Waals surface area contributed by atoms with Gasteiger partial charge in [-0.25, -0.2) is 0 Å². The normalized spacial score (nSPS) is 12.7. The van der Waals surface area contributed by atoms with Crippen molar-refractivity contribution in [1.82, 2.24) is 16.0 Å². The van der Waals surface area contributed by atoms with Crippen LogP contribution in [0, 0.1) is 5.41 Å². The average molecular weight is 555 g/mol. The van der Waals surface area contributed by atoms with Gasteiger partial charge in [-0.3, -0.25) is 9.79 Å². The van der Waals surface area contributed by atoms with Crippen LogP contribution >= 0.6 is 39.9 Å². The van der Waals surface area contributed by atoms with Crippen molar-refractivity contribution in [1.29, 1.82) is 0 Å². The molecule has 1 rings (SSSR count). The van der Waals surface area contributed by atoms with Gasteiger partial charge < -0.3 is 20.7 Å². The molecule has 1 atom stereocenters. The summed E-state index contributed by atoms with van der Waals surface area (Å²) in [7, 11) is 3.46. The van der Waals surface area contributed by atoms with Crippen molar-refractivity contribution < 1.29 is 9.53 Å². The van der Waals surface area contributed by atoms with Crippen LogP contribution in [-0.4, -0.2) is 51.8 Å². The van der Waals surface area contributed by atoms with Crippen molar-refractivity contribution in [3.63, 3.8) is 0 Å². The van der Waals surface area contributed by atoms with Crippen molar-refractivity contribution in [3.8, 4) is 0 Å². The van der Waals surface area contributed by atoms with Crippen molar-refractivity contribution in [2.24, 2.45) is 10.4 Å². The van der Waals surface area contributed by atoms with Crippen LogP contribution in [0.2, 0.25) is 0 Å². The first-order valence-corrected chi connectivity index (χ1v) is 9.58. The number of aliphatic imine (C=N–C) groups is 1. The molecule has 1 amide bonds. The van der Waals surface area contributed by atoms with Crippen LogP contribution in [0.15, 0.2) is 33.7 Å². The third-order valence-electron chi connectivity index (χ3n) is 3.95. The van der Waals surface area contributed by atoms with Gasteiger partial charge in [0.15, 0.2) is 5.96 Å². The lowest BCUT2D eigenvalue weighted by Crippen LogP contribution is -2.45. The molecule has 1 aromatic rings. The molecule has 0 aliphatic heterocycles. The number of halogens is 2. The summed E-state index contributed by atoms with van der Waals surface area (Å²) >= 11 is 3.37. The Labute approximate surface area is 188 Å². The summed E-state index contributed by atoms with van der Waals surface area (Å²) in [6.07, 6.45) is 0.887. The van der Waals surface area contributed by atoms with Crippen LogP contribution in [0.5, 0.6) is 0 Å². The number of rotatable bonds is 8. The smallest absolute Gasteiger partial charge is 0.251 e. The zero-order chi connectivity index (χ0) is 19.6. The average Bonchev–Trinajstić information content (AvgIpc) is 2.58. The van der Waals surface area contributed by atoms with E-state index in [-0.39, 0.29) is 41.4 Å². The SMILES string of the molecule is CN=C(NCCCNC(=O)c1cccc(Br)c1)NCC(OC)C(C)(C)C.I. The van der Waals surface area contributed by atoms with Crippen molar-refractivity contribution >= 4 is 51.8 Å². The highest BCUT2D eigenvalue weighted by Crippen LogP contribution is 2.20. The van der Waals surface area contributed by atoms with Crippen LogP contribution in [0.4, 0.5) is 0 Å². The van der Waals surface area contributed by atoms with E-state index in [2.05, 4.69) is 57.6 Å². The Morgan fingerprint density at radius 1 is 1.22 bits per heavy atom. The number of ether oxygens (including phenoxy) is 1. The molecule has 0 heterocycles. The van der Waals surface area contributed by atoms with Gasteiger partial charge in [0.05, 0.1) is 6.10 Å². The first kappa shape index (κ1) is 26.1. The maximum atomic E-state index is 12.1. The van der Waals surface area contributed by atoms with E-state index in [9.17, 15) is 4.79 Å². The molecule has 27 heavy (non-hydrogen) atoms. The molecule has 0 aliphatic carbocycles. The third kappa shape index (κ3) is 10.3. The molecular weight excluding hydrogens is 523 g/mol. The number of guanidine groups is 1. The molecule has 3 N–H and O–H groups in total. The first-order valence-electron chi connectivity index (χ1n) is 8.79. The standard InChI is InChI=1S/C19H31BrN4O2.HI/c1-19(2,3)16(26-5)13-24-18(21-4)23-11-7-10-22-17(25)14-8-6-9-15(20)12-14;/h6,8-9,12,16H,7,10-11,13H2,1-5H3,(H,22,25)(H2,21,23,24);1H. The van der Waals surface area contributed by atoms with Gasteiger partial charge in [0.1, 0.15) is 0 Å². The van der Waals surface area contributed by atoms with Gasteiger partial charge in [-0.15, -0.1) is 24.0 Å². The molecule has 8 heteroatoms. The molecule has 0 radical (unpaired) electrons. The lowest BCUT2D eigenvalue weighted by atomic mass is 9.89. The molecule has 0 fully saturated rings. The molecule has 1 aromatic carbocycles. The minimum absolute atomic E-state index is 0. The molecule has 0 saturated carbocycles. The van der Waals surface area contributed by atoms with Gasteiger partial charge in [-0.1, -0.05) is 42.8 Å². The predicted molar refractivity (Wildman–Crippen MR) is 126 cm³/mol. The predicted octanol–water partition coefficient (Wildman–Crippen LogP) is 3.41. The van der Waals surface area contributed by atoms with Crippen LogP contribution in [-0.2, 0) is 4.74 Å². The minimum atomic E-state index is -0.0677. The van der Waals surface area contributed by atoms with E-state index in [1.54, 1.807) is 26.3 Å². The van der Waals surface area contributed by atoms with Gasteiger partial charge in [-0.05, 0) is 30.0 Å². The highest BCUT2D eigenvalue weighted by molar-refractivity contribution is 14.0. The summed E-state index contributed by atoms with van der Waals surface area (Å²) in [6, 6.07) is 7.35. The summed E-state index contributed by atoms with van der Waals surface area (Å²) < 4.78 is 6.43. The highest BCUT2D eigenvalue weighted by atomic mass is 127. The Hall–Kier alpha value is -0.870. The molecule has 0 bridgehead atoms. The van der Waals surface area contributed by atoms with Gasteiger partial charge in [-0.2, -0.15) is 0 Å².